The van der Waals surface area contributed by atoms with Gasteiger partial charge in [-0.3, -0.25) is 4.98 Å². The number of nitrogens with zero attached hydrogens (tertiary/aromatic N) is 4. The summed E-state index contributed by atoms with van der Waals surface area (Å²) in [5.41, 5.74) is 1.64. The van der Waals surface area contributed by atoms with Crippen molar-refractivity contribution in [3.8, 4) is 11.4 Å². The fraction of sp³-hybridized carbons (Fsp3) is 0.500. The number of likely N-dealkylation sites (N-methyl/N-ethyl adjacent to an activating group) is 1. The molecule has 0 aromatic carbocycles. The lowest BCUT2D eigenvalue weighted by molar-refractivity contribution is 0.120. The zero-order valence-corrected chi connectivity index (χ0v) is 14.9. The summed E-state index contributed by atoms with van der Waals surface area (Å²) in [5, 5.41) is 6.67. The van der Waals surface area contributed by atoms with Gasteiger partial charge in [-0.15, -0.1) is 0 Å². The van der Waals surface area contributed by atoms with Crippen LogP contribution in [0.5, 0.6) is 0 Å². The molecule has 0 saturated carbocycles. The van der Waals surface area contributed by atoms with E-state index in [4.69, 9.17) is 4.74 Å². The van der Waals surface area contributed by atoms with Gasteiger partial charge in [0.05, 0.1) is 17.5 Å². The van der Waals surface area contributed by atoms with Crippen molar-refractivity contribution in [3.63, 3.8) is 0 Å². The summed E-state index contributed by atoms with van der Waals surface area (Å²) in [4.78, 5) is 15.7. The summed E-state index contributed by atoms with van der Waals surface area (Å²) < 4.78 is 5.67. The topological polar surface area (TPSA) is 75.2 Å². The molecule has 134 valence electrons. The fourth-order valence-electron chi connectivity index (χ4n) is 2.68. The lowest BCUT2D eigenvalue weighted by atomic mass is 10.2. The first-order valence-electron chi connectivity index (χ1n) is 8.75. The standard InChI is InChI=1S/C18H26N6O/c1-24(2)10-9-20-18-22-16(15-7-3-4-8-19-15)12-17(23-18)21-13-14-6-5-11-25-14/h3-4,7-8,12,14H,5-6,9-11,13H2,1-2H3,(H2,20,21,22,23)/t14-/m1/s1. The van der Waals surface area contributed by atoms with E-state index in [2.05, 4.69) is 30.5 Å². The minimum atomic E-state index is 0.262. The molecular formula is C18H26N6O. The summed E-state index contributed by atoms with van der Waals surface area (Å²) in [6.45, 7) is 3.31. The number of pyridine rings is 1. The van der Waals surface area contributed by atoms with E-state index in [0.29, 0.717) is 5.95 Å². The Morgan fingerprint density at radius 3 is 2.84 bits per heavy atom. The van der Waals surface area contributed by atoms with Crippen LogP contribution in [0.25, 0.3) is 11.4 Å². The molecule has 0 unspecified atom stereocenters. The van der Waals surface area contributed by atoms with Crippen molar-refractivity contribution in [1.82, 2.24) is 19.9 Å². The van der Waals surface area contributed by atoms with Gasteiger partial charge in [-0.05, 0) is 39.1 Å². The molecule has 25 heavy (non-hydrogen) atoms. The molecule has 2 aromatic rings. The number of nitrogens with one attached hydrogen (secondary N) is 2. The van der Waals surface area contributed by atoms with Crippen molar-refractivity contribution < 1.29 is 4.74 Å². The number of ether oxygens (including phenoxy) is 1. The Morgan fingerprint density at radius 1 is 1.20 bits per heavy atom. The highest BCUT2D eigenvalue weighted by atomic mass is 16.5. The smallest absolute Gasteiger partial charge is 0.225 e. The average Bonchev–Trinajstić information content (AvgIpc) is 3.14. The molecule has 2 aromatic heterocycles. The number of hydrogen-bond donors (Lipinski definition) is 2. The highest BCUT2D eigenvalue weighted by molar-refractivity contribution is 5.60. The minimum absolute atomic E-state index is 0.262. The van der Waals surface area contributed by atoms with Crippen LogP contribution in [0.1, 0.15) is 12.8 Å². The first-order chi connectivity index (χ1) is 12.2. The number of anilines is 2. The lowest BCUT2D eigenvalue weighted by Crippen LogP contribution is -2.22. The summed E-state index contributed by atoms with van der Waals surface area (Å²) in [6.07, 6.45) is 4.26. The molecule has 1 aliphatic heterocycles. The van der Waals surface area contributed by atoms with Gasteiger partial charge in [0.2, 0.25) is 5.95 Å². The third kappa shape index (κ3) is 5.37. The Balaban J connectivity index is 1.75. The maximum Gasteiger partial charge on any atom is 0.225 e. The Hall–Kier alpha value is -2.25. The van der Waals surface area contributed by atoms with Crippen LogP contribution in [0.2, 0.25) is 0 Å². The second-order valence-electron chi connectivity index (χ2n) is 6.42. The van der Waals surface area contributed by atoms with Gasteiger partial charge in [-0.25, -0.2) is 4.98 Å². The summed E-state index contributed by atoms with van der Waals surface area (Å²) >= 11 is 0. The molecule has 2 N–H and O–H groups in total. The van der Waals surface area contributed by atoms with Gasteiger partial charge in [0.1, 0.15) is 5.82 Å². The zero-order valence-electron chi connectivity index (χ0n) is 14.9. The maximum atomic E-state index is 5.67. The van der Waals surface area contributed by atoms with Crippen LogP contribution >= 0.6 is 0 Å². The van der Waals surface area contributed by atoms with E-state index in [1.54, 1.807) is 6.20 Å². The van der Waals surface area contributed by atoms with Gasteiger partial charge in [-0.1, -0.05) is 6.07 Å². The molecule has 3 heterocycles. The molecular weight excluding hydrogens is 316 g/mol. The minimum Gasteiger partial charge on any atom is -0.376 e. The van der Waals surface area contributed by atoms with Gasteiger partial charge in [0.25, 0.3) is 0 Å². The Kier molecular flexibility index (Phi) is 6.14. The van der Waals surface area contributed by atoms with Crippen molar-refractivity contribution in [3.05, 3.63) is 30.5 Å². The Morgan fingerprint density at radius 2 is 2.12 bits per heavy atom. The summed E-state index contributed by atoms with van der Waals surface area (Å²) in [6, 6.07) is 7.75. The molecule has 0 radical (unpaired) electrons. The lowest BCUT2D eigenvalue weighted by Gasteiger charge is -2.14. The molecule has 1 saturated heterocycles. The third-order valence-corrected chi connectivity index (χ3v) is 4.03. The Labute approximate surface area is 148 Å². The van der Waals surface area contributed by atoms with Crippen molar-refractivity contribution >= 4 is 11.8 Å². The van der Waals surface area contributed by atoms with E-state index in [9.17, 15) is 0 Å². The summed E-state index contributed by atoms with van der Waals surface area (Å²) in [7, 11) is 4.09. The highest BCUT2D eigenvalue weighted by Crippen LogP contribution is 2.20. The van der Waals surface area contributed by atoms with Gasteiger partial charge >= 0.3 is 0 Å². The predicted molar refractivity (Wildman–Crippen MR) is 99.8 cm³/mol. The third-order valence-electron chi connectivity index (χ3n) is 4.03. The number of hydrogen-bond acceptors (Lipinski definition) is 7. The van der Waals surface area contributed by atoms with Crippen molar-refractivity contribution in [2.45, 2.75) is 18.9 Å². The molecule has 0 aliphatic carbocycles. The molecule has 0 spiro atoms. The van der Waals surface area contributed by atoms with Gasteiger partial charge in [-0.2, -0.15) is 4.98 Å². The molecule has 1 fully saturated rings. The van der Waals surface area contributed by atoms with E-state index in [1.165, 1.54) is 0 Å². The van der Waals surface area contributed by atoms with Crippen LogP contribution in [-0.2, 0) is 4.74 Å². The molecule has 1 atom stereocenters. The van der Waals surface area contributed by atoms with Gasteiger partial charge in [0, 0.05) is 38.5 Å². The number of aromatic nitrogens is 3. The average molecular weight is 342 g/mol. The van der Waals surface area contributed by atoms with Crippen molar-refractivity contribution in [1.29, 1.82) is 0 Å². The maximum absolute atomic E-state index is 5.67. The van der Waals surface area contributed by atoms with E-state index >= 15 is 0 Å². The van der Waals surface area contributed by atoms with Crippen LogP contribution < -0.4 is 10.6 Å². The van der Waals surface area contributed by atoms with Crippen LogP contribution in [0.15, 0.2) is 30.5 Å². The van der Waals surface area contributed by atoms with Crippen molar-refractivity contribution in [2.75, 3.05) is 51.0 Å². The van der Waals surface area contributed by atoms with Gasteiger partial charge in [0.15, 0.2) is 0 Å². The van der Waals surface area contributed by atoms with Crippen LogP contribution in [0, 0.1) is 0 Å². The number of rotatable bonds is 8. The van der Waals surface area contributed by atoms with Crippen LogP contribution in [0.4, 0.5) is 11.8 Å². The quantitative estimate of drug-likeness (QED) is 0.761. The van der Waals surface area contributed by atoms with E-state index in [-0.39, 0.29) is 6.10 Å². The first kappa shape index (κ1) is 17.6. The predicted octanol–water partition coefficient (Wildman–Crippen LogP) is 2.10. The summed E-state index contributed by atoms with van der Waals surface area (Å²) in [5.74, 6) is 1.40. The van der Waals surface area contributed by atoms with E-state index in [1.807, 2.05) is 38.4 Å². The highest BCUT2D eigenvalue weighted by Gasteiger charge is 2.16. The Bertz CT molecular complexity index is 658. The SMILES string of the molecule is CN(C)CCNc1nc(NC[C@H]2CCCO2)cc(-c2ccccn2)n1. The second kappa shape index (κ2) is 8.73. The molecule has 7 nitrogen and oxygen atoms in total. The molecule has 3 rings (SSSR count). The van der Waals surface area contributed by atoms with Gasteiger partial charge < -0.3 is 20.3 Å². The monoisotopic (exact) mass is 342 g/mol. The first-order valence-corrected chi connectivity index (χ1v) is 8.75. The van der Waals surface area contributed by atoms with Crippen LogP contribution in [0.3, 0.4) is 0 Å². The van der Waals surface area contributed by atoms with Crippen LogP contribution in [-0.4, -0.2) is 66.3 Å². The fourth-order valence-corrected chi connectivity index (χ4v) is 2.68. The molecule has 7 heteroatoms. The van der Waals surface area contributed by atoms with E-state index in [0.717, 1.165) is 56.3 Å². The van der Waals surface area contributed by atoms with E-state index < -0.39 is 0 Å². The molecule has 0 bridgehead atoms. The largest absolute Gasteiger partial charge is 0.376 e. The molecule has 1 aliphatic rings. The second-order valence-corrected chi connectivity index (χ2v) is 6.42. The zero-order chi connectivity index (χ0) is 17.5. The normalized spacial score (nSPS) is 17.0. The molecule has 0 amide bonds. The van der Waals surface area contributed by atoms with Crippen molar-refractivity contribution in [2.24, 2.45) is 0 Å².